The Kier molecular flexibility index (Phi) is 7.58. The number of carbonyl (C=O) groups excluding carboxylic acids is 1. The molecule has 3 rings (SSSR count). The van der Waals surface area contributed by atoms with Gasteiger partial charge in [0, 0.05) is 13.1 Å². The highest BCUT2D eigenvalue weighted by Crippen LogP contribution is 2.33. The van der Waals surface area contributed by atoms with E-state index in [1.54, 1.807) is 0 Å². The molecule has 1 amide bonds. The average molecular weight is 470 g/mol. The minimum atomic E-state index is -4.84. The lowest BCUT2D eigenvalue weighted by Gasteiger charge is -2.19. The highest BCUT2D eigenvalue weighted by atomic mass is 32.2. The van der Waals surface area contributed by atoms with Crippen LogP contribution in [0.15, 0.2) is 53.4 Å². The smallest absolute Gasteiger partial charge is 0.351 e. The van der Waals surface area contributed by atoms with E-state index in [1.165, 1.54) is 13.0 Å². The molecule has 1 aliphatic heterocycles. The van der Waals surface area contributed by atoms with E-state index in [-0.39, 0.29) is 6.54 Å². The first kappa shape index (κ1) is 24.2. The van der Waals surface area contributed by atoms with E-state index < -0.39 is 38.6 Å². The Bertz CT molecular complexity index is 1050. The zero-order chi connectivity index (χ0) is 23.4. The van der Waals surface area contributed by atoms with E-state index >= 15 is 0 Å². The Labute approximate surface area is 185 Å². The van der Waals surface area contributed by atoms with Crippen molar-refractivity contribution in [2.45, 2.75) is 50.0 Å². The second-order valence-corrected chi connectivity index (χ2v) is 9.49. The molecule has 1 atom stereocenters. The molecule has 1 saturated heterocycles. The summed E-state index contributed by atoms with van der Waals surface area (Å²) in [5, 5.41) is 2.68. The lowest BCUT2D eigenvalue weighted by molar-refractivity contribution is -0.139. The maximum atomic E-state index is 13.2. The molecule has 2 aromatic rings. The van der Waals surface area contributed by atoms with E-state index in [0.29, 0.717) is 6.07 Å². The number of hydrogen-bond donors (Lipinski definition) is 2. The van der Waals surface area contributed by atoms with Gasteiger partial charge in [-0.3, -0.25) is 9.69 Å². The summed E-state index contributed by atoms with van der Waals surface area (Å²) < 4.78 is 66.7. The molecule has 1 aliphatic rings. The van der Waals surface area contributed by atoms with Crippen molar-refractivity contribution in [1.82, 2.24) is 14.9 Å². The van der Waals surface area contributed by atoms with Crippen LogP contribution in [0.4, 0.5) is 13.2 Å². The van der Waals surface area contributed by atoms with Crippen LogP contribution in [0.5, 0.6) is 0 Å². The molecule has 32 heavy (non-hydrogen) atoms. The fourth-order valence-electron chi connectivity index (χ4n) is 3.69. The molecule has 10 heteroatoms. The number of hydrogen-bond acceptors (Lipinski definition) is 4. The first-order valence-corrected chi connectivity index (χ1v) is 11.8. The highest BCUT2D eigenvalue weighted by Gasteiger charge is 2.37. The summed E-state index contributed by atoms with van der Waals surface area (Å²) in [6.07, 6.45) is -2.52. The molecule has 0 spiro atoms. The topological polar surface area (TPSA) is 78.5 Å². The maximum absolute atomic E-state index is 13.2. The lowest BCUT2D eigenvalue weighted by Crippen LogP contribution is -2.44. The minimum Gasteiger partial charge on any atom is -0.351 e. The predicted octanol–water partition coefficient (Wildman–Crippen LogP) is 3.28. The first-order chi connectivity index (χ1) is 15.1. The molecule has 1 heterocycles. The molecule has 0 aliphatic carbocycles. The standard InChI is InChI=1S/C22H26F3N3O3S/c1-16(27-32(30,31)20-11-5-4-10-19(20)22(23,24)25)21(29)26-14-17-8-2-3-9-18(17)15-28-12-6-7-13-28/h2-5,8-11,16,27H,6-7,12-15H2,1H3,(H,26,29)/t16-/m0/s1. The Morgan fingerprint density at radius 3 is 2.28 bits per heavy atom. The van der Waals surface area contributed by atoms with Crippen molar-refractivity contribution in [3.8, 4) is 0 Å². The van der Waals surface area contributed by atoms with Gasteiger partial charge < -0.3 is 5.32 Å². The van der Waals surface area contributed by atoms with Crippen LogP contribution < -0.4 is 10.0 Å². The van der Waals surface area contributed by atoms with Gasteiger partial charge in [-0.25, -0.2) is 8.42 Å². The Hall–Kier alpha value is -2.43. The lowest BCUT2D eigenvalue weighted by atomic mass is 10.1. The van der Waals surface area contributed by atoms with Gasteiger partial charge in [0.05, 0.1) is 16.5 Å². The van der Waals surface area contributed by atoms with Crippen LogP contribution in [0.1, 0.15) is 36.5 Å². The van der Waals surface area contributed by atoms with Gasteiger partial charge in [0.2, 0.25) is 15.9 Å². The Balaban J connectivity index is 1.65. The van der Waals surface area contributed by atoms with Gasteiger partial charge in [0.1, 0.15) is 0 Å². The quantitative estimate of drug-likeness (QED) is 0.622. The number of rotatable bonds is 8. The van der Waals surface area contributed by atoms with Crippen molar-refractivity contribution in [1.29, 1.82) is 0 Å². The number of amides is 1. The van der Waals surface area contributed by atoms with Crippen molar-refractivity contribution in [2.24, 2.45) is 0 Å². The van der Waals surface area contributed by atoms with Crippen LogP contribution in [0.2, 0.25) is 0 Å². The number of benzene rings is 2. The van der Waals surface area contributed by atoms with E-state index in [1.807, 2.05) is 29.0 Å². The molecule has 174 valence electrons. The van der Waals surface area contributed by atoms with Crippen molar-refractivity contribution in [2.75, 3.05) is 13.1 Å². The van der Waals surface area contributed by atoms with Gasteiger partial charge in [-0.15, -0.1) is 0 Å². The van der Waals surface area contributed by atoms with Gasteiger partial charge in [-0.1, -0.05) is 36.4 Å². The zero-order valence-corrected chi connectivity index (χ0v) is 18.5. The van der Waals surface area contributed by atoms with Crippen LogP contribution >= 0.6 is 0 Å². The molecule has 0 radical (unpaired) electrons. The second kappa shape index (κ2) is 10.0. The number of alkyl halides is 3. The Morgan fingerprint density at radius 2 is 1.62 bits per heavy atom. The summed E-state index contributed by atoms with van der Waals surface area (Å²) in [4.78, 5) is 13.9. The number of likely N-dealkylation sites (tertiary alicyclic amines) is 1. The SMILES string of the molecule is C[C@H](NS(=O)(=O)c1ccccc1C(F)(F)F)C(=O)NCc1ccccc1CN1CCCC1. The van der Waals surface area contributed by atoms with Crippen molar-refractivity contribution in [3.63, 3.8) is 0 Å². The monoisotopic (exact) mass is 469 g/mol. The van der Waals surface area contributed by atoms with Crippen LogP contribution in [0, 0.1) is 0 Å². The third kappa shape index (κ3) is 6.08. The average Bonchev–Trinajstić information content (AvgIpc) is 3.25. The summed E-state index contributed by atoms with van der Waals surface area (Å²) in [5.41, 5.74) is 0.697. The number of nitrogens with one attached hydrogen (secondary N) is 2. The molecular formula is C22H26F3N3O3S. The van der Waals surface area contributed by atoms with Crippen LogP contribution in [-0.2, 0) is 34.1 Å². The second-order valence-electron chi connectivity index (χ2n) is 7.81. The van der Waals surface area contributed by atoms with Crippen LogP contribution in [0.3, 0.4) is 0 Å². The van der Waals surface area contributed by atoms with E-state index in [0.717, 1.165) is 55.7 Å². The van der Waals surface area contributed by atoms with E-state index in [9.17, 15) is 26.4 Å². The minimum absolute atomic E-state index is 0.189. The molecule has 1 fully saturated rings. The molecular weight excluding hydrogens is 443 g/mol. The molecule has 0 bridgehead atoms. The van der Waals surface area contributed by atoms with E-state index in [4.69, 9.17) is 0 Å². The highest BCUT2D eigenvalue weighted by molar-refractivity contribution is 7.89. The van der Waals surface area contributed by atoms with Crippen LogP contribution in [-0.4, -0.2) is 38.4 Å². The Morgan fingerprint density at radius 1 is 1.03 bits per heavy atom. The first-order valence-electron chi connectivity index (χ1n) is 10.3. The summed E-state index contributed by atoms with van der Waals surface area (Å²) >= 11 is 0. The van der Waals surface area contributed by atoms with Gasteiger partial charge in [0.25, 0.3) is 0 Å². The normalized spacial score (nSPS) is 16.1. The third-order valence-corrected chi connectivity index (χ3v) is 6.97. The molecule has 0 saturated carbocycles. The molecule has 2 N–H and O–H groups in total. The number of carbonyl (C=O) groups is 1. The van der Waals surface area contributed by atoms with Crippen molar-refractivity contribution < 1.29 is 26.4 Å². The maximum Gasteiger partial charge on any atom is 0.417 e. The van der Waals surface area contributed by atoms with Crippen molar-refractivity contribution in [3.05, 3.63) is 65.2 Å². The summed E-state index contributed by atoms with van der Waals surface area (Å²) in [7, 11) is -4.56. The molecule has 0 aromatic heterocycles. The summed E-state index contributed by atoms with van der Waals surface area (Å²) in [6, 6.07) is 10.3. The van der Waals surface area contributed by atoms with Gasteiger partial charge in [0.15, 0.2) is 0 Å². The molecule has 6 nitrogen and oxygen atoms in total. The molecule has 2 aromatic carbocycles. The fraction of sp³-hybridized carbons (Fsp3) is 0.409. The number of sulfonamides is 1. The zero-order valence-electron chi connectivity index (χ0n) is 17.7. The molecule has 0 unspecified atom stereocenters. The van der Waals surface area contributed by atoms with Crippen LogP contribution in [0.25, 0.3) is 0 Å². The summed E-state index contributed by atoms with van der Waals surface area (Å²) in [6.45, 7) is 4.30. The van der Waals surface area contributed by atoms with E-state index in [2.05, 4.69) is 10.2 Å². The van der Waals surface area contributed by atoms with Gasteiger partial charge in [-0.2, -0.15) is 17.9 Å². The largest absolute Gasteiger partial charge is 0.417 e. The summed E-state index contributed by atoms with van der Waals surface area (Å²) in [5.74, 6) is -0.631. The van der Waals surface area contributed by atoms with Gasteiger partial charge >= 0.3 is 6.18 Å². The fourth-order valence-corrected chi connectivity index (χ4v) is 5.12. The number of nitrogens with zero attached hydrogens (tertiary/aromatic N) is 1. The van der Waals surface area contributed by atoms with Crippen molar-refractivity contribution >= 4 is 15.9 Å². The third-order valence-electron chi connectivity index (χ3n) is 5.37. The predicted molar refractivity (Wildman–Crippen MR) is 114 cm³/mol. The number of halogens is 3. The van der Waals surface area contributed by atoms with Gasteiger partial charge in [-0.05, 0) is 56.1 Å².